The summed E-state index contributed by atoms with van der Waals surface area (Å²) in [4.78, 5) is 18.7. The Morgan fingerprint density at radius 3 is 2.84 bits per heavy atom. The van der Waals surface area contributed by atoms with Gasteiger partial charge in [-0.25, -0.2) is 0 Å². The van der Waals surface area contributed by atoms with Crippen molar-refractivity contribution in [2.24, 2.45) is 4.99 Å². The zero-order chi connectivity index (χ0) is 13.2. The van der Waals surface area contributed by atoms with Crippen molar-refractivity contribution in [1.82, 2.24) is 4.90 Å². The molecule has 0 aromatic heterocycles. The summed E-state index contributed by atoms with van der Waals surface area (Å²) in [5.74, 6) is 0.0146. The van der Waals surface area contributed by atoms with E-state index in [2.05, 4.69) is 9.89 Å². The molecule has 1 amide bonds. The van der Waals surface area contributed by atoms with E-state index in [0.29, 0.717) is 4.91 Å². The van der Waals surface area contributed by atoms with Gasteiger partial charge in [0, 0.05) is 13.1 Å². The van der Waals surface area contributed by atoms with E-state index in [9.17, 15) is 9.90 Å². The number of phenols is 1. The van der Waals surface area contributed by atoms with Gasteiger partial charge in [0.05, 0.1) is 4.91 Å². The number of thioether (sulfide) groups is 1. The Bertz CT molecular complexity index is 575. The van der Waals surface area contributed by atoms with Crippen molar-refractivity contribution in [3.63, 3.8) is 0 Å². The van der Waals surface area contributed by atoms with E-state index in [0.717, 1.165) is 23.8 Å². The van der Waals surface area contributed by atoms with Gasteiger partial charge in [-0.15, -0.1) is 0 Å². The summed E-state index contributed by atoms with van der Waals surface area (Å²) in [6.07, 6.45) is 4.11. The number of amidine groups is 1. The fourth-order valence-electron chi connectivity index (χ4n) is 2.21. The molecular weight excluding hydrogens is 260 g/mol. The smallest absolute Gasteiger partial charge is 0.286 e. The minimum absolute atomic E-state index is 0.185. The van der Waals surface area contributed by atoms with Gasteiger partial charge in [-0.05, 0) is 48.4 Å². The average Bonchev–Trinajstić information content (AvgIpc) is 3.00. The topological polar surface area (TPSA) is 52.9 Å². The predicted molar refractivity (Wildman–Crippen MR) is 76.9 cm³/mol. The van der Waals surface area contributed by atoms with Crippen molar-refractivity contribution in [2.45, 2.75) is 12.8 Å². The monoisotopic (exact) mass is 274 g/mol. The molecular formula is C14H14N2O2S. The highest BCUT2D eigenvalue weighted by Gasteiger charge is 2.27. The minimum atomic E-state index is -0.185. The number of aromatic hydroxyl groups is 1. The maximum absolute atomic E-state index is 11.9. The van der Waals surface area contributed by atoms with Crippen molar-refractivity contribution in [3.05, 3.63) is 34.7 Å². The minimum Gasteiger partial charge on any atom is -0.508 e. The molecule has 0 saturated carbocycles. The predicted octanol–water partition coefficient (Wildman–Crippen LogP) is 2.46. The lowest BCUT2D eigenvalue weighted by Crippen LogP contribution is -2.23. The third kappa shape index (κ3) is 2.66. The molecule has 0 unspecified atom stereocenters. The Hall–Kier alpha value is -1.75. The first-order valence-corrected chi connectivity index (χ1v) is 7.10. The van der Waals surface area contributed by atoms with Gasteiger partial charge in [0.2, 0.25) is 0 Å². The van der Waals surface area contributed by atoms with E-state index in [4.69, 9.17) is 0 Å². The summed E-state index contributed by atoms with van der Waals surface area (Å²) >= 11 is 1.42. The Balaban J connectivity index is 1.79. The van der Waals surface area contributed by atoms with E-state index in [1.54, 1.807) is 24.3 Å². The lowest BCUT2D eigenvalue weighted by atomic mass is 10.2. The van der Waals surface area contributed by atoms with Crippen molar-refractivity contribution < 1.29 is 9.90 Å². The standard InChI is InChI=1S/C14H14N2O2S/c17-11-5-3-4-10(8-11)9-12-13(18)15-14(19-12)16-6-1-2-7-16/h3-5,8-9,17H,1-2,6-7H2/b12-9+. The number of rotatable bonds is 1. The van der Waals surface area contributed by atoms with Crippen LogP contribution in [0.4, 0.5) is 0 Å². The normalized spacial score (nSPS) is 21.3. The maximum atomic E-state index is 11.9. The molecule has 5 heteroatoms. The van der Waals surface area contributed by atoms with Crippen molar-refractivity contribution in [1.29, 1.82) is 0 Å². The summed E-state index contributed by atoms with van der Waals surface area (Å²) in [5, 5.41) is 10.2. The molecule has 0 spiro atoms. The molecule has 2 aliphatic heterocycles. The van der Waals surface area contributed by atoms with E-state index in [1.165, 1.54) is 24.6 Å². The van der Waals surface area contributed by atoms with Crippen LogP contribution in [0.1, 0.15) is 18.4 Å². The number of hydrogen-bond acceptors (Lipinski definition) is 4. The van der Waals surface area contributed by atoms with Crippen LogP contribution in [0.2, 0.25) is 0 Å². The fourth-order valence-corrected chi connectivity index (χ4v) is 3.17. The highest BCUT2D eigenvalue weighted by Crippen LogP contribution is 2.31. The van der Waals surface area contributed by atoms with Gasteiger partial charge >= 0.3 is 0 Å². The van der Waals surface area contributed by atoms with Gasteiger partial charge in [-0.2, -0.15) is 4.99 Å². The summed E-state index contributed by atoms with van der Waals surface area (Å²) in [7, 11) is 0. The molecule has 1 aromatic carbocycles. The van der Waals surface area contributed by atoms with E-state index in [-0.39, 0.29) is 11.7 Å². The second-order valence-electron chi connectivity index (χ2n) is 4.60. The number of aliphatic imine (C=N–C) groups is 1. The molecule has 98 valence electrons. The SMILES string of the molecule is O=C1N=C(N2CCCC2)S/C1=C/c1cccc(O)c1. The van der Waals surface area contributed by atoms with E-state index >= 15 is 0 Å². The fraction of sp³-hybridized carbons (Fsp3) is 0.286. The molecule has 4 nitrogen and oxygen atoms in total. The number of benzene rings is 1. The summed E-state index contributed by atoms with van der Waals surface area (Å²) < 4.78 is 0. The second-order valence-corrected chi connectivity index (χ2v) is 5.61. The lowest BCUT2D eigenvalue weighted by Gasteiger charge is -2.14. The van der Waals surface area contributed by atoms with Crippen molar-refractivity contribution >= 4 is 28.9 Å². The van der Waals surface area contributed by atoms with Gasteiger partial charge in [-0.1, -0.05) is 12.1 Å². The van der Waals surface area contributed by atoms with Crippen molar-refractivity contribution in [3.8, 4) is 5.75 Å². The molecule has 0 bridgehead atoms. The molecule has 2 heterocycles. The van der Waals surface area contributed by atoms with Crippen LogP contribution in [-0.2, 0) is 4.79 Å². The number of nitrogens with zero attached hydrogens (tertiary/aromatic N) is 2. The van der Waals surface area contributed by atoms with Gasteiger partial charge < -0.3 is 10.0 Å². The van der Waals surface area contributed by atoms with E-state index in [1.807, 2.05) is 6.07 Å². The van der Waals surface area contributed by atoms with Gasteiger partial charge in [-0.3, -0.25) is 4.79 Å². The third-order valence-corrected chi connectivity index (χ3v) is 4.20. The van der Waals surface area contributed by atoms with Gasteiger partial charge in [0.25, 0.3) is 5.91 Å². The Labute approximate surface area is 115 Å². The number of carbonyl (C=O) groups excluding carboxylic acids is 1. The second kappa shape index (κ2) is 5.09. The van der Waals surface area contributed by atoms with Gasteiger partial charge in [0.1, 0.15) is 5.75 Å². The number of hydrogen-bond donors (Lipinski definition) is 1. The molecule has 0 atom stereocenters. The highest BCUT2D eigenvalue weighted by molar-refractivity contribution is 8.18. The first-order valence-electron chi connectivity index (χ1n) is 6.29. The van der Waals surface area contributed by atoms with Crippen LogP contribution in [0, 0.1) is 0 Å². The van der Waals surface area contributed by atoms with Crippen LogP contribution < -0.4 is 0 Å². The molecule has 1 aromatic rings. The summed E-state index contributed by atoms with van der Waals surface area (Å²) in [5.41, 5.74) is 0.814. The molecule has 0 aliphatic carbocycles. The Kier molecular flexibility index (Phi) is 3.29. The number of likely N-dealkylation sites (tertiary alicyclic amines) is 1. The molecule has 19 heavy (non-hydrogen) atoms. The first kappa shape index (κ1) is 12.3. The first-order chi connectivity index (χ1) is 9.22. The quantitative estimate of drug-likeness (QED) is 0.799. The molecule has 1 fully saturated rings. The zero-order valence-electron chi connectivity index (χ0n) is 10.4. The van der Waals surface area contributed by atoms with Crippen LogP contribution in [0.5, 0.6) is 5.75 Å². The van der Waals surface area contributed by atoms with Crippen LogP contribution in [-0.4, -0.2) is 34.2 Å². The number of phenolic OH excluding ortho intramolecular Hbond substituents is 1. The number of carbonyl (C=O) groups is 1. The zero-order valence-corrected chi connectivity index (χ0v) is 11.2. The lowest BCUT2D eigenvalue weighted by molar-refractivity contribution is -0.113. The van der Waals surface area contributed by atoms with Gasteiger partial charge in [0.15, 0.2) is 5.17 Å². The van der Waals surface area contributed by atoms with Crippen LogP contribution >= 0.6 is 11.8 Å². The van der Waals surface area contributed by atoms with Crippen molar-refractivity contribution in [2.75, 3.05) is 13.1 Å². The molecule has 0 radical (unpaired) electrons. The Morgan fingerprint density at radius 1 is 1.32 bits per heavy atom. The van der Waals surface area contributed by atoms with Crippen LogP contribution in [0.25, 0.3) is 6.08 Å². The molecule has 2 aliphatic rings. The maximum Gasteiger partial charge on any atom is 0.286 e. The molecule has 1 saturated heterocycles. The summed E-state index contributed by atoms with van der Waals surface area (Å²) in [6, 6.07) is 6.86. The third-order valence-electron chi connectivity index (χ3n) is 3.15. The highest BCUT2D eigenvalue weighted by atomic mass is 32.2. The Morgan fingerprint density at radius 2 is 2.11 bits per heavy atom. The van der Waals surface area contributed by atoms with E-state index < -0.39 is 0 Å². The van der Waals surface area contributed by atoms with Crippen LogP contribution in [0.3, 0.4) is 0 Å². The number of amides is 1. The molecule has 3 rings (SSSR count). The summed E-state index contributed by atoms with van der Waals surface area (Å²) in [6.45, 7) is 1.97. The van der Waals surface area contributed by atoms with Crippen LogP contribution in [0.15, 0.2) is 34.2 Å². The average molecular weight is 274 g/mol. The molecule has 1 N–H and O–H groups in total. The largest absolute Gasteiger partial charge is 0.508 e.